The van der Waals surface area contributed by atoms with Gasteiger partial charge in [0.25, 0.3) is 0 Å². The number of alkyl halides is 3. The molecule has 1 aromatic carbocycles. The third-order valence-electron chi connectivity index (χ3n) is 3.12. The fourth-order valence-corrected chi connectivity index (χ4v) is 2.16. The summed E-state index contributed by atoms with van der Waals surface area (Å²) in [7, 11) is 0. The molecular weight excluding hydrogens is 294 g/mol. The van der Waals surface area contributed by atoms with E-state index in [1.807, 2.05) is 0 Å². The van der Waals surface area contributed by atoms with Crippen LogP contribution in [0.5, 0.6) is 0 Å². The highest BCUT2D eigenvalue weighted by atomic mass is 19.4. The van der Waals surface area contributed by atoms with Crippen molar-refractivity contribution >= 4 is 5.97 Å². The number of ether oxygens (including phenoxy) is 1. The quantitative estimate of drug-likeness (QED) is 0.869. The van der Waals surface area contributed by atoms with E-state index in [-0.39, 0.29) is 25.3 Å². The molecule has 0 saturated carbocycles. The van der Waals surface area contributed by atoms with Gasteiger partial charge >= 0.3 is 12.1 Å². The normalized spacial score (nSPS) is 20.5. The van der Waals surface area contributed by atoms with E-state index in [1.54, 1.807) is 4.90 Å². The van der Waals surface area contributed by atoms with Crippen LogP contribution in [0, 0.1) is 5.82 Å². The first-order valence-corrected chi connectivity index (χ1v) is 6.19. The number of benzene rings is 1. The third kappa shape index (κ3) is 4.15. The van der Waals surface area contributed by atoms with E-state index in [1.165, 1.54) is 0 Å². The fourth-order valence-electron chi connectivity index (χ4n) is 2.16. The molecule has 8 heteroatoms. The Hall–Kier alpha value is -1.67. The van der Waals surface area contributed by atoms with Crippen LogP contribution in [0.25, 0.3) is 0 Å². The molecule has 0 amide bonds. The zero-order chi connectivity index (χ0) is 15.6. The summed E-state index contributed by atoms with van der Waals surface area (Å²) in [5, 5.41) is 8.86. The molecule has 0 aromatic heterocycles. The number of rotatable bonds is 3. The third-order valence-corrected chi connectivity index (χ3v) is 3.12. The summed E-state index contributed by atoms with van der Waals surface area (Å²) in [6, 6.07) is 2.32. The highest BCUT2D eigenvalue weighted by Crippen LogP contribution is 2.30. The maximum atomic E-state index is 13.3. The monoisotopic (exact) mass is 307 g/mol. The largest absolute Gasteiger partial charge is 0.479 e. The van der Waals surface area contributed by atoms with Crippen molar-refractivity contribution < 1.29 is 32.2 Å². The van der Waals surface area contributed by atoms with Crippen LogP contribution in [0.3, 0.4) is 0 Å². The van der Waals surface area contributed by atoms with Gasteiger partial charge in [-0.25, -0.2) is 9.18 Å². The Kier molecular flexibility index (Phi) is 4.48. The van der Waals surface area contributed by atoms with Gasteiger partial charge in [0, 0.05) is 19.6 Å². The molecule has 116 valence electrons. The topological polar surface area (TPSA) is 49.8 Å². The second-order valence-corrected chi connectivity index (χ2v) is 4.78. The molecule has 0 spiro atoms. The highest BCUT2D eigenvalue weighted by molar-refractivity contribution is 5.72. The van der Waals surface area contributed by atoms with Gasteiger partial charge in [0.2, 0.25) is 0 Å². The minimum atomic E-state index is -4.62. The minimum absolute atomic E-state index is 0.0357. The minimum Gasteiger partial charge on any atom is -0.479 e. The van der Waals surface area contributed by atoms with Crippen molar-refractivity contribution in [2.24, 2.45) is 0 Å². The molecule has 1 aliphatic heterocycles. The van der Waals surface area contributed by atoms with E-state index < -0.39 is 29.6 Å². The Labute approximate surface area is 117 Å². The molecule has 1 unspecified atom stereocenters. The Morgan fingerprint density at radius 1 is 1.38 bits per heavy atom. The van der Waals surface area contributed by atoms with Gasteiger partial charge in [0.05, 0.1) is 12.2 Å². The summed E-state index contributed by atoms with van der Waals surface area (Å²) in [6.45, 7) is 0.626. The number of nitrogens with zero attached hydrogens (tertiary/aromatic N) is 1. The molecule has 1 fully saturated rings. The van der Waals surface area contributed by atoms with Crippen LogP contribution in [0.1, 0.15) is 11.1 Å². The van der Waals surface area contributed by atoms with Crippen LogP contribution in [0.2, 0.25) is 0 Å². The smallest absolute Gasteiger partial charge is 0.416 e. The average Bonchev–Trinajstić information content (AvgIpc) is 2.37. The van der Waals surface area contributed by atoms with Crippen molar-refractivity contribution in [3.63, 3.8) is 0 Å². The summed E-state index contributed by atoms with van der Waals surface area (Å²) < 4.78 is 56.1. The zero-order valence-corrected chi connectivity index (χ0v) is 10.9. The van der Waals surface area contributed by atoms with Gasteiger partial charge in [-0.15, -0.1) is 0 Å². The first-order chi connectivity index (χ1) is 9.75. The van der Waals surface area contributed by atoms with Crippen LogP contribution in [0.4, 0.5) is 17.6 Å². The van der Waals surface area contributed by atoms with Crippen LogP contribution < -0.4 is 0 Å². The number of hydrogen-bond acceptors (Lipinski definition) is 3. The number of carboxylic acid groups (broad SMARTS) is 1. The molecule has 1 atom stereocenters. The number of carbonyl (C=O) groups is 1. The molecule has 0 bridgehead atoms. The summed E-state index contributed by atoms with van der Waals surface area (Å²) >= 11 is 0. The van der Waals surface area contributed by atoms with E-state index in [0.29, 0.717) is 12.6 Å². The van der Waals surface area contributed by atoms with Crippen molar-refractivity contribution in [2.75, 3.05) is 19.7 Å². The van der Waals surface area contributed by atoms with Crippen LogP contribution >= 0.6 is 0 Å². The number of aliphatic carboxylic acids is 1. The Morgan fingerprint density at radius 3 is 2.71 bits per heavy atom. The van der Waals surface area contributed by atoms with Gasteiger partial charge in [0.15, 0.2) is 6.10 Å². The van der Waals surface area contributed by atoms with Crippen molar-refractivity contribution in [1.29, 1.82) is 0 Å². The van der Waals surface area contributed by atoms with Gasteiger partial charge in [-0.1, -0.05) is 0 Å². The van der Waals surface area contributed by atoms with E-state index in [4.69, 9.17) is 9.84 Å². The molecule has 2 rings (SSSR count). The zero-order valence-electron chi connectivity index (χ0n) is 10.9. The van der Waals surface area contributed by atoms with Crippen molar-refractivity contribution in [2.45, 2.75) is 18.8 Å². The van der Waals surface area contributed by atoms with Crippen LogP contribution in [-0.4, -0.2) is 41.8 Å². The summed E-state index contributed by atoms with van der Waals surface area (Å²) in [4.78, 5) is 12.5. The molecule has 1 saturated heterocycles. The van der Waals surface area contributed by atoms with Gasteiger partial charge in [-0.3, -0.25) is 4.90 Å². The highest BCUT2D eigenvalue weighted by Gasteiger charge is 2.32. The first kappa shape index (κ1) is 15.7. The molecule has 0 aliphatic carbocycles. The van der Waals surface area contributed by atoms with Gasteiger partial charge in [-0.05, 0) is 23.8 Å². The van der Waals surface area contributed by atoms with Crippen LogP contribution in [0.15, 0.2) is 18.2 Å². The lowest BCUT2D eigenvalue weighted by atomic mass is 10.1. The van der Waals surface area contributed by atoms with E-state index in [2.05, 4.69) is 0 Å². The molecular formula is C13H13F4NO3. The van der Waals surface area contributed by atoms with Gasteiger partial charge in [-0.2, -0.15) is 13.2 Å². The molecule has 1 aromatic rings. The van der Waals surface area contributed by atoms with E-state index in [9.17, 15) is 22.4 Å². The summed E-state index contributed by atoms with van der Waals surface area (Å²) in [6.07, 6.45) is -5.64. The Balaban J connectivity index is 2.12. The molecule has 4 nitrogen and oxygen atoms in total. The summed E-state index contributed by atoms with van der Waals surface area (Å²) in [5.74, 6) is -2.10. The Morgan fingerprint density at radius 2 is 2.10 bits per heavy atom. The second-order valence-electron chi connectivity index (χ2n) is 4.78. The van der Waals surface area contributed by atoms with Crippen molar-refractivity contribution in [1.82, 2.24) is 4.90 Å². The van der Waals surface area contributed by atoms with Gasteiger partial charge < -0.3 is 9.84 Å². The molecule has 0 radical (unpaired) electrons. The number of morpholine rings is 1. The molecule has 1 heterocycles. The fraction of sp³-hybridized carbons (Fsp3) is 0.462. The summed E-state index contributed by atoms with van der Waals surface area (Å²) in [5.41, 5.74) is -0.908. The second kappa shape index (κ2) is 5.98. The average molecular weight is 307 g/mol. The lowest BCUT2D eigenvalue weighted by molar-refractivity contribution is -0.156. The maximum Gasteiger partial charge on any atom is 0.416 e. The molecule has 1 aliphatic rings. The number of hydrogen-bond donors (Lipinski definition) is 1. The van der Waals surface area contributed by atoms with E-state index in [0.717, 1.165) is 12.1 Å². The lowest BCUT2D eigenvalue weighted by Gasteiger charge is -2.30. The Bertz CT molecular complexity index is 533. The predicted octanol–water partition coefficient (Wildman–Crippen LogP) is 2.13. The predicted molar refractivity (Wildman–Crippen MR) is 64.1 cm³/mol. The molecule has 21 heavy (non-hydrogen) atoms. The van der Waals surface area contributed by atoms with Crippen molar-refractivity contribution in [3.05, 3.63) is 35.1 Å². The maximum absolute atomic E-state index is 13.3. The van der Waals surface area contributed by atoms with E-state index >= 15 is 0 Å². The number of carboxylic acids is 1. The molecule has 1 N–H and O–H groups in total. The van der Waals surface area contributed by atoms with Crippen molar-refractivity contribution in [3.8, 4) is 0 Å². The first-order valence-electron chi connectivity index (χ1n) is 6.19. The standard InChI is InChI=1S/C13H13F4NO3/c14-10-4-8(3-9(5-10)13(15,16)17)6-18-1-2-21-11(7-18)12(19)20/h3-5,11H,1-2,6-7H2,(H,19,20). The SMILES string of the molecule is O=C(O)C1CN(Cc2cc(F)cc(C(F)(F)F)c2)CCO1. The number of halogens is 4. The van der Waals surface area contributed by atoms with Gasteiger partial charge in [0.1, 0.15) is 5.82 Å². The van der Waals surface area contributed by atoms with Crippen LogP contribution in [-0.2, 0) is 22.3 Å². The lowest BCUT2D eigenvalue weighted by Crippen LogP contribution is -2.45.